The number of halogens is 1. The van der Waals surface area contributed by atoms with Gasteiger partial charge in [0.05, 0.1) is 11.9 Å². The maximum absolute atomic E-state index is 12.8. The van der Waals surface area contributed by atoms with Gasteiger partial charge in [0.25, 0.3) is 11.5 Å². The topological polar surface area (TPSA) is 76.0 Å². The zero-order valence-corrected chi connectivity index (χ0v) is 16.1. The van der Waals surface area contributed by atoms with Crippen LogP contribution in [-0.4, -0.2) is 35.3 Å². The van der Waals surface area contributed by atoms with E-state index < -0.39 is 0 Å². The predicted molar refractivity (Wildman–Crippen MR) is 110 cm³/mol. The highest BCUT2D eigenvalue weighted by Gasteiger charge is 2.17. The van der Waals surface area contributed by atoms with Crippen LogP contribution in [0.5, 0.6) is 0 Å². The minimum absolute atomic E-state index is 0. The molecule has 0 aliphatic carbocycles. The van der Waals surface area contributed by atoms with Gasteiger partial charge >= 0.3 is 0 Å². The van der Waals surface area contributed by atoms with Gasteiger partial charge in [-0.25, -0.2) is 4.68 Å². The van der Waals surface area contributed by atoms with E-state index in [0.717, 1.165) is 5.56 Å². The Labute approximate surface area is 164 Å². The van der Waals surface area contributed by atoms with Gasteiger partial charge in [0.1, 0.15) is 0 Å². The number of carbonyl (C=O) groups is 1. The number of carbonyl (C=O) groups excluding carboxylic acids is 1. The summed E-state index contributed by atoms with van der Waals surface area (Å²) in [6, 6.07) is 16.8. The third-order valence-electron chi connectivity index (χ3n) is 4.32. The van der Waals surface area contributed by atoms with Crippen molar-refractivity contribution < 1.29 is 4.79 Å². The molecule has 3 rings (SSSR count). The molecule has 2 N–H and O–H groups in total. The Kier molecular flexibility index (Phi) is 7.10. The molecular weight excluding hydrogens is 364 g/mol. The zero-order valence-electron chi connectivity index (χ0n) is 15.3. The van der Waals surface area contributed by atoms with Crippen molar-refractivity contribution in [3.8, 4) is 0 Å². The van der Waals surface area contributed by atoms with E-state index in [9.17, 15) is 9.59 Å². The SMILES string of the molecule is CNC(C)CNC(=O)c1nn(Cc2ccccc2)c(=O)c2ccccc12.Cl. The van der Waals surface area contributed by atoms with Crippen LogP contribution in [0.3, 0.4) is 0 Å². The Hall–Kier alpha value is -2.70. The normalized spacial score (nSPS) is 11.6. The lowest BCUT2D eigenvalue weighted by molar-refractivity contribution is 0.0945. The molecule has 0 radical (unpaired) electrons. The first kappa shape index (κ1) is 20.6. The van der Waals surface area contributed by atoms with Crippen molar-refractivity contribution in [1.82, 2.24) is 20.4 Å². The maximum Gasteiger partial charge on any atom is 0.274 e. The number of rotatable bonds is 6. The second-order valence-corrected chi connectivity index (χ2v) is 6.24. The molecule has 1 unspecified atom stereocenters. The summed E-state index contributed by atoms with van der Waals surface area (Å²) < 4.78 is 1.36. The summed E-state index contributed by atoms with van der Waals surface area (Å²) in [4.78, 5) is 25.5. The second-order valence-electron chi connectivity index (χ2n) is 6.24. The smallest absolute Gasteiger partial charge is 0.274 e. The van der Waals surface area contributed by atoms with Crippen LogP contribution in [0.4, 0.5) is 0 Å². The Morgan fingerprint density at radius 3 is 2.37 bits per heavy atom. The third-order valence-corrected chi connectivity index (χ3v) is 4.32. The predicted octanol–water partition coefficient (Wildman–Crippen LogP) is 2.20. The summed E-state index contributed by atoms with van der Waals surface area (Å²) in [5, 5.41) is 11.4. The van der Waals surface area contributed by atoms with Crippen LogP contribution in [0, 0.1) is 0 Å². The number of likely N-dealkylation sites (N-methyl/N-ethyl adjacent to an activating group) is 1. The van der Waals surface area contributed by atoms with Gasteiger partial charge in [-0.1, -0.05) is 48.5 Å². The van der Waals surface area contributed by atoms with Crippen molar-refractivity contribution in [1.29, 1.82) is 0 Å². The zero-order chi connectivity index (χ0) is 18.5. The molecule has 3 aromatic rings. The summed E-state index contributed by atoms with van der Waals surface area (Å²) in [6.07, 6.45) is 0. The highest BCUT2D eigenvalue weighted by molar-refractivity contribution is 6.04. The molecule has 7 heteroatoms. The molecule has 142 valence electrons. The molecule has 0 saturated heterocycles. The molecule has 2 aromatic carbocycles. The largest absolute Gasteiger partial charge is 0.349 e. The van der Waals surface area contributed by atoms with Gasteiger partial charge in [0.15, 0.2) is 5.69 Å². The molecule has 27 heavy (non-hydrogen) atoms. The van der Waals surface area contributed by atoms with Crippen molar-refractivity contribution in [2.75, 3.05) is 13.6 Å². The molecule has 0 saturated carbocycles. The van der Waals surface area contributed by atoms with Crippen molar-refractivity contribution in [2.24, 2.45) is 0 Å². The average Bonchev–Trinajstić information content (AvgIpc) is 2.68. The molecule has 0 fully saturated rings. The fraction of sp³-hybridized carbons (Fsp3) is 0.250. The van der Waals surface area contributed by atoms with Crippen molar-refractivity contribution in [3.05, 3.63) is 76.2 Å². The summed E-state index contributed by atoms with van der Waals surface area (Å²) in [7, 11) is 1.84. The van der Waals surface area contributed by atoms with Gasteiger partial charge in [-0.3, -0.25) is 9.59 Å². The Bertz CT molecular complexity index is 973. The van der Waals surface area contributed by atoms with Crippen LogP contribution in [0.25, 0.3) is 10.8 Å². The van der Waals surface area contributed by atoms with Gasteiger partial charge in [-0.15, -0.1) is 12.4 Å². The molecule has 1 aromatic heterocycles. The van der Waals surface area contributed by atoms with Crippen LogP contribution in [0.1, 0.15) is 23.0 Å². The second kappa shape index (κ2) is 9.30. The fourth-order valence-corrected chi connectivity index (χ4v) is 2.70. The van der Waals surface area contributed by atoms with E-state index >= 15 is 0 Å². The summed E-state index contributed by atoms with van der Waals surface area (Å²) in [5.74, 6) is -0.287. The lowest BCUT2D eigenvalue weighted by Crippen LogP contribution is -2.38. The van der Waals surface area contributed by atoms with Crippen molar-refractivity contribution >= 4 is 29.1 Å². The van der Waals surface area contributed by atoms with E-state index in [1.807, 2.05) is 44.3 Å². The fourth-order valence-electron chi connectivity index (χ4n) is 2.70. The molecular formula is C20H23ClN4O2. The third kappa shape index (κ3) is 4.72. The van der Waals surface area contributed by atoms with Gasteiger partial charge in [0.2, 0.25) is 0 Å². The number of hydrogen-bond acceptors (Lipinski definition) is 4. The van der Waals surface area contributed by atoms with Gasteiger partial charge in [-0.2, -0.15) is 5.10 Å². The highest BCUT2D eigenvalue weighted by Crippen LogP contribution is 2.14. The molecule has 1 amide bonds. The van der Waals surface area contributed by atoms with Gasteiger partial charge in [-0.05, 0) is 25.6 Å². The van der Waals surface area contributed by atoms with Crippen LogP contribution >= 0.6 is 12.4 Å². The summed E-state index contributed by atoms with van der Waals surface area (Å²) >= 11 is 0. The monoisotopic (exact) mass is 386 g/mol. The van der Waals surface area contributed by atoms with Crippen molar-refractivity contribution in [2.45, 2.75) is 19.5 Å². The van der Waals surface area contributed by atoms with E-state index in [-0.39, 0.29) is 35.6 Å². The number of aromatic nitrogens is 2. The number of fused-ring (bicyclic) bond motifs is 1. The molecule has 6 nitrogen and oxygen atoms in total. The first-order valence-electron chi connectivity index (χ1n) is 8.59. The van der Waals surface area contributed by atoms with Crippen LogP contribution in [0.15, 0.2) is 59.4 Å². The van der Waals surface area contributed by atoms with Gasteiger partial charge in [0, 0.05) is 18.0 Å². The van der Waals surface area contributed by atoms with E-state index in [0.29, 0.717) is 23.9 Å². The van der Waals surface area contributed by atoms with Crippen LogP contribution in [-0.2, 0) is 6.54 Å². The van der Waals surface area contributed by atoms with Crippen LogP contribution in [0.2, 0.25) is 0 Å². The van der Waals surface area contributed by atoms with Crippen molar-refractivity contribution in [3.63, 3.8) is 0 Å². The van der Waals surface area contributed by atoms with E-state index in [1.165, 1.54) is 4.68 Å². The summed E-state index contributed by atoms with van der Waals surface area (Å²) in [6.45, 7) is 2.77. The molecule has 0 aliphatic heterocycles. The number of nitrogens with zero attached hydrogens (tertiary/aromatic N) is 2. The quantitative estimate of drug-likeness (QED) is 0.681. The average molecular weight is 387 g/mol. The minimum atomic E-state index is -0.287. The Morgan fingerprint density at radius 1 is 1.07 bits per heavy atom. The summed E-state index contributed by atoms with van der Waals surface area (Å²) in [5.41, 5.74) is 1.01. The van der Waals surface area contributed by atoms with E-state index in [2.05, 4.69) is 15.7 Å². The van der Waals surface area contributed by atoms with E-state index in [4.69, 9.17) is 0 Å². The Balaban J connectivity index is 0.00000261. The number of hydrogen-bond donors (Lipinski definition) is 2. The first-order valence-corrected chi connectivity index (χ1v) is 8.59. The number of amides is 1. The molecule has 1 atom stereocenters. The highest BCUT2D eigenvalue weighted by atomic mass is 35.5. The maximum atomic E-state index is 12.8. The lowest BCUT2D eigenvalue weighted by atomic mass is 10.1. The molecule has 0 spiro atoms. The Morgan fingerprint density at radius 2 is 1.70 bits per heavy atom. The standard InChI is InChI=1S/C20H22N4O2.ClH/c1-14(21-2)12-22-19(25)18-16-10-6-7-11-17(16)20(26)24(23-18)13-15-8-4-3-5-9-15;/h3-11,14,21H,12-13H2,1-2H3,(H,22,25);1H. The number of benzene rings is 2. The lowest BCUT2D eigenvalue weighted by Gasteiger charge is -2.13. The molecule has 0 bridgehead atoms. The molecule has 1 heterocycles. The van der Waals surface area contributed by atoms with Crippen LogP contribution < -0.4 is 16.2 Å². The molecule has 0 aliphatic rings. The number of nitrogens with one attached hydrogen (secondary N) is 2. The van der Waals surface area contributed by atoms with E-state index in [1.54, 1.807) is 24.3 Å². The minimum Gasteiger partial charge on any atom is -0.349 e. The van der Waals surface area contributed by atoms with Gasteiger partial charge < -0.3 is 10.6 Å². The first-order chi connectivity index (χ1) is 12.6.